The largest absolute Gasteiger partial charge is 0.307 e. The van der Waals surface area contributed by atoms with Crippen LogP contribution in [0.15, 0.2) is 52.2 Å². The summed E-state index contributed by atoms with van der Waals surface area (Å²) in [5.41, 5.74) is 1.63. The van der Waals surface area contributed by atoms with E-state index < -0.39 is 15.9 Å². The molecule has 124 valence electrons. The van der Waals surface area contributed by atoms with Crippen LogP contribution in [0.1, 0.15) is 15.9 Å². The summed E-state index contributed by atoms with van der Waals surface area (Å²) in [6.45, 7) is 1.73. The fourth-order valence-electron chi connectivity index (χ4n) is 2.34. The molecule has 8 heteroatoms. The van der Waals surface area contributed by atoms with E-state index in [0.717, 1.165) is 11.3 Å². The van der Waals surface area contributed by atoms with Crippen LogP contribution in [0.4, 0.5) is 0 Å². The predicted octanol–water partition coefficient (Wildman–Crippen LogP) is 2.03. The lowest BCUT2D eigenvalue weighted by molar-refractivity contribution is 0.0981. The van der Waals surface area contributed by atoms with Gasteiger partial charge in [-0.15, -0.1) is 0 Å². The van der Waals surface area contributed by atoms with Gasteiger partial charge in [0.2, 0.25) is 0 Å². The summed E-state index contributed by atoms with van der Waals surface area (Å²) in [4.78, 5) is 23.7. The highest BCUT2D eigenvalue weighted by Crippen LogP contribution is 2.21. The Labute approximate surface area is 142 Å². The molecule has 0 saturated heterocycles. The van der Waals surface area contributed by atoms with Crippen molar-refractivity contribution >= 4 is 37.5 Å². The number of nitrogens with zero attached hydrogens (tertiary/aromatic N) is 1. The van der Waals surface area contributed by atoms with E-state index in [-0.39, 0.29) is 9.77 Å². The van der Waals surface area contributed by atoms with Gasteiger partial charge in [0, 0.05) is 12.6 Å². The van der Waals surface area contributed by atoms with Crippen molar-refractivity contribution in [3.05, 3.63) is 63.3 Å². The summed E-state index contributed by atoms with van der Waals surface area (Å²) >= 11 is 0.957. The number of benzene rings is 2. The van der Waals surface area contributed by atoms with E-state index >= 15 is 0 Å². The second-order valence-electron chi connectivity index (χ2n) is 5.31. The number of rotatable bonds is 3. The summed E-state index contributed by atoms with van der Waals surface area (Å²) in [5, 5.41) is 0. The Morgan fingerprint density at radius 1 is 1.17 bits per heavy atom. The number of thiazole rings is 1. The molecule has 0 saturated carbocycles. The molecule has 1 aromatic heterocycles. The Morgan fingerprint density at radius 3 is 2.58 bits per heavy atom. The third-order valence-corrected chi connectivity index (χ3v) is 6.01. The van der Waals surface area contributed by atoms with Crippen molar-refractivity contribution in [3.63, 3.8) is 0 Å². The first kappa shape index (κ1) is 16.4. The van der Waals surface area contributed by atoms with Crippen LogP contribution in [0.2, 0.25) is 0 Å². The molecule has 2 aromatic carbocycles. The van der Waals surface area contributed by atoms with E-state index in [9.17, 15) is 18.0 Å². The molecule has 3 rings (SSSR count). The average molecular weight is 362 g/mol. The lowest BCUT2D eigenvalue weighted by Crippen LogP contribution is -2.31. The molecule has 0 aliphatic carbocycles. The molecule has 0 fully saturated rings. The zero-order valence-electron chi connectivity index (χ0n) is 12.9. The zero-order valence-corrected chi connectivity index (χ0v) is 14.6. The number of amides is 1. The molecular formula is C16H14N2O4S2. The topological polar surface area (TPSA) is 85.2 Å². The SMILES string of the molecule is Cc1ccccc1C(=O)NS(=O)(=O)c1ccc2c(c1)sc(=O)n2C. The fourth-order valence-corrected chi connectivity index (χ4v) is 4.33. The Balaban J connectivity index is 1.97. The van der Waals surface area contributed by atoms with Gasteiger partial charge in [-0.05, 0) is 36.8 Å². The number of carbonyl (C=O) groups is 1. The van der Waals surface area contributed by atoms with Gasteiger partial charge in [0.1, 0.15) is 0 Å². The van der Waals surface area contributed by atoms with E-state index in [0.29, 0.717) is 21.3 Å². The van der Waals surface area contributed by atoms with Gasteiger partial charge in [0.25, 0.3) is 15.9 Å². The minimum Gasteiger partial charge on any atom is -0.302 e. The second kappa shape index (κ2) is 5.88. The molecular weight excluding hydrogens is 348 g/mol. The number of sulfonamides is 1. The van der Waals surface area contributed by atoms with E-state index in [1.54, 1.807) is 44.3 Å². The molecule has 24 heavy (non-hydrogen) atoms. The van der Waals surface area contributed by atoms with Crippen molar-refractivity contribution in [1.29, 1.82) is 0 Å². The van der Waals surface area contributed by atoms with E-state index in [4.69, 9.17) is 0 Å². The van der Waals surface area contributed by atoms with Crippen LogP contribution in [-0.2, 0) is 17.1 Å². The molecule has 0 aliphatic rings. The molecule has 3 aromatic rings. The maximum atomic E-state index is 12.5. The van der Waals surface area contributed by atoms with Crippen molar-refractivity contribution in [2.45, 2.75) is 11.8 Å². The number of hydrogen-bond donors (Lipinski definition) is 1. The predicted molar refractivity (Wildman–Crippen MR) is 92.9 cm³/mol. The molecule has 0 unspecified atom stereocenters. The molecule has 0 aliphatic heterocycles. The van der Waals surface area contributed by atoms with Crippen LogP contribution in [0.25, 0.3) is 10.2 Å². The molecule has 1 N–H and O–H groups in total. The normalized spacial score (nSPS) is 11.6. The highest BCUT2D eigenvalue weighted by atomic mass is 32.2. The van der Waals surface area contributed by atoms with Crippen LogP contribution < -0.4 is 9.60 Å². The molecule has 0 spiro atoms. The second-order valence-corrected chi connectivity index (χ2v) is 7.98. The fraction of sp³-hybridized carbons (Fsp3) is 0.125. The van der Waals surface area contributed by atoms with Gasteiger partial charge in [-0.2, -0.15) is 0 Å². The van der Waals surface area contributed by atoms with Gasteiger partial charge in [-0.1, -0.05) is 29.5 Å². The van der Waals surface area contributed by atoms with Gasteiger partial charge in [-0.3, -0.25) is 9.59 Å². The molecule has 0 atom stereocenters. The van der Waals surface area contributed by atoms with Crippen molar-refractivity contribution < 1.29 is 13.2 Å². The van der Waals surface area contributed by atoms with E-state index in [2.05, 4.69) is 4.72 Å². The van der Waals surface area contributed by atoms with Crippen molar-refractivity contribution in [2.24, 2.45) is 7.05 Å². The highest BCUT2D eigenvalue weighted by molar-refractivity contribution is 7.90. The van der Waals surface area contributed by atoms with Crippen molar-refractivity contribution in [1.82, 2.24) is 9.29 Å². The summed E-state index contributed by atoms with van der Waals surface area (Å²) in [6.07, 6.45) is 0. The van der Waals surface area contributed by atoms with Crippen LogP contribution >= 0.6 is 11.3 Å². The minimum atomic E-state index is -4.02. The third kappa shape index (κ3) is 2.85. The number of aryl methyl sites for hydroxylation is 2. The Morgan fingerprint density at radius 2 is 1.88 bits per heavy atom. The van der Waals surface area contributed by atoms with Gasteiger partial charge in [-0.25, -0.2) is 13.1 Å². The molecule has 0 radical (unpaired) electrons. The number of aromatic nitrogens is 1. The first-order valence-electron chi connectivity index (χ1n) is 7.02. The molecule has 1 amide bonds. The molecule has 6 nitrogen and oxygen atoms in total. The molecule has 1 heterocycles. The first-order chi connectivity index (χ1) is 11.3. The van der Waals surface area contributed by atoms with Crippen molar-refractivity contribution in [2.75, 3.05) is 0 Å². The third-order valence-electron chi connectivity index (χ3n) is 3.69. The monoisotopic (exact) mass is 362 g/mol. The summed E-state index contributed by atoms with van der Waals surface area (Å²) < 4.78 is 29.0. The lowest BCUT2D eigenvalue weighted by Gasteiger charge is -2.09. The average Bonchev–Trinajstić information content (AvgIpc) is 2.81. The maximum Gasteiger partial charge on any atom is 0.307 e. The minimum absolute atomic E-state index is 0.0567. The number of fused-ring (bicyclic) bond motifs is 1. The van der Waals surface area contributed by atoms with Crippen LogP contribution in [0, 0.1) is 6.92 Å². The summed E-state index contributed by atoms with van der Waals surface area (Å²) in [7, 11) is -2.40. The first-order valence-corrected chi connectivity index (χ1v) is 9.32. The highest BCUT2D eigenvalue weighted by Gasteiger charge is 2.20. The Hall–Kier alpha value is -2.45. The van der Waals surface area contributed by atoms with Crippen LogP contribution in [-0.4, -0.2) is 18.9 Å². The van der Waals surface area contributed by atoms with Crippen LogP contribution in [0.3, 0.4) is 0 Å². The summed E-state index contributed by atoms with van der Waals surface area (Å²) in [6, 6.07) is 11.1. The molecule has 0 bridgehead atoms. The van der Waals surface area contributed by atoms with E-state index in [1.165, 1.54) is 16.7 Å². The van der Waals surface area contributed by atoms with Gasteiger partial charge in [0.05, 0.1) is 15.1 Å². The number of hydrogen-bond acceptors (Lipinski definition) is 5. The smallest absolute Gasteiger partial charge is 0.302 e. The van der Waals surface area contributed by atoms with E-state index in [1.807, 2.05) is 0 Å². The standard InChI is InChI=1S/C16H14N2O4S2/c1-10-5-3-4-6-12(10)15(19)17-24(21,22)11-7-8-13-14(9-11)23-16(20)18(13)2/h3-9H,1-2H3,(H,17,19). The Bertz CT molecular complexity index is 1110. The lowest BCUT2D eigenvalue weighted by atomic mass is 10.1. The number of carbonyl (C=O) groups excluding carboxylic acids is 1. The van der Waals surface area contributed by atoms with Gasteiger partial charge >= 0.3 is 4.87 Å². The van der Waals surface area contributed by atoms with Gasteiger partial charge < -0.3 is 4.57 Å². The zero-order chi connectivity index (χ0) is 17.5. The summed E-state index contributed by atoms with van der Waals surface area (Å²) in [5.74, 6) is -0.686. The maximum absolute atomic E-state index is 12.5. The van der Waals surface area contributed by atoms with Crippen LogP contribution in [0.5, 0.6) is 0 Å². The Kier molecular flexibility index (Phi) is 4.02. The van der Waals surface area contributed by atoms with Crippen molar-refractivity contribution in [3.8, 4) is 0 Å². The van der Waals surface area contributed by atoms with Gasteiger partial charge in [0.15, 0.2) is 0 Å². The number of nitrogens with one attached hydrogen (secondary N) is 1. The quantitative estimate of drug-likeness (QED) is 0.772.